The van der Waals surface area contributed by atoms with E-state index in [1.54, 1.807) is 0 Å². The van der Waals surface area contributed by atoms with Gasteiger partial charge in [-0.3, -0.25) is 10.1 Å². The van der Waals surface area contributed by atoms with Crippen molar-refractivity contribution in [2.24, 2.45) is 0 Å². The summed E-state index contributed by atoms with van der Waals surface area (Å²) in [5.41, 5.74) is -0.135. The molecule has 1 heterocycles. The Kier molecular flexibility index (Phi) is 3.81. The number of nitro benzene ring substituents is 1. The summed E-state index contributed by atoms with van der Waals surface area (Å²) in [5.74, 6) is -0.833. The number of carboxylic acids is 1. The van der Waals surface area contributed by atoms with Crippen molar-refractivity contribution in [1.29, 1.82) is 0 Å². The summed E-state index contributed by atoms with van der Waals surface area (Å²) in [6, 6.07) is 6.53. The Morgan fingerprint density at radius 2 is 2.00 bits per heavy atom. The molecule has 2 aromatic rings. The fourth-order valence-corrected chi connectivity index (χ4v) is 1.57. The molecule has 0 fully saturated rings. The van der Waals surface area contributed by atoms with Crippen LogP contribution in [0.4, 0.5) is 5.69 Å². The molecular formula is C12H7ClN2O5. The first kappa shape index (κ1) is 13.8. The number of hydrogen-bond donors (Lipinski definition) is 1. The van der Waals surface area contributed by atoms with E-state index in [0.717, 1.165) is 6.20 Å². The maximum absolute atomic E-state index is 10.7. The molecule has 1 N–H and O–H groups in total. The summed E-state index contributed by atoms with van der Waals surface area (Å²) in [7, 11) is 0. The Morgan fingerprint density at radius 1 is 1.35 bits per heavy atom. The van der Waals surface area contributed by atoms with Crippen molar-refractivity contribution in [1.82, 2.24) is 4.98 Å². The van der Waals surface area contributed by atoms with Gasteiger partial charge < -0.3 is 9.84 Å². The summed E-state index contributed by atoms with van der Waals surface area (Å²) in [5, 5.41) is 19.3. The highest BCUT2D eigenvalue weighted by molar-refractivity contribution is 6.32. The van der Waals surface area contributed by atoms with Crippen LogP contribution in [-0.2, 0) is 0 Å². The van der Waals surface area contributed by atoms with E-state index in [0.29, 0.717) is 5.75 Å². The van der Waals surface area contributed by atoms with Gasteiger partial charge in [0.25, 0.3) is 5.69 Å². The van der Waals surface area contributed by atoms with Gasteiger partial charge in [-0.05, 0) is 18.2 Å². The van der Waals surface area contributed by atoms with E-state index in [-0.39, 0.29) is 22.2 Å². The van der Waals surface area contributed by atoms with Crippen LogP contribution in [0.2, 0.25) is 5.02 Å². The van der Waals surface area contributed by atoms with E-state index >= 15 is 0 Å². The fraction of sp³-hybridized carbons (Fsp3) is 0. The van der Waals surface area contributed by atoms with Crippen molar-refractivity contribution < 1.29 is 19.6 Å². The second-order valence-electron chi connectivity index (χ2n) is 3.67. The van der Waals surface area contributed by atoms with Crippen molar-refractivity contribution in [2.45, 2.75) is 0 Å². The molecular weight excluding hydrogens is 288 g/mol. The van der Waals surface area contributed by atoms with Gasteiger partial charge in [0.05, 0.1) is 10.5 Å². The molecule has 0 bridgehead atoms. The zero-order valence-corrected chi connectivity index (χ0v) is 10.6. The minimum atomic E-state index is -1.15. The Morgan fingerprint density at radius 3 is 2.50 bits per heavy atom. The molecule has 0 amide bonds. The topological polar surface area (TPSA) is 103 Å². The first-order valence-electron chi connectivity index (χ1n) is 5.28. The SMILES string of the molecule is O=C(O)c1cnc(Oc2ccc([N+](=O)[O-])cc2)c(Cl)c1. The van der Waals surface area contributed by atoms with E-state index in [9.17, 15) is 14.9 Å². The number of aromatic nitrogens is 1. The third-order valence-electron chi connectivity index (χ3n) is 2.32. The van der Waals surface area contributed by atoms with E-state index < -0.39 is 10.9 Å². The van der Waals surface area contributed by atoms with Gasteiger partial charge in [0.2, 0.25) is 5.88 Å². The van der Waals surface area contributed by atoms with E-state index in [4.69, 9.17) is 21.4 Å². The van der Waals surface area contributed by atoms with Gasteiger partial charge in [-0.15, -0.1) is 0 Å². The van der Waals surface area contributed by atoms with Crippen molar-refractivity contribution in [3.63, 3.8) is 0 Å². The minimum Gasteiger partial charge on any atom is -0.478 e. The molecule has 0 atom stereocenters. The van der Waals surface area contributed by atoms with Gasteiger partial charge in [0.1, 0.15) is 10.8 Å². The molecule has 1 aromatic carbocycles. The third kappa shape index (κ3) is 3.01. The number of ether oxygens (including phenoxy) is 1. The lowest BCUT2D eigenvalue weighted by atomic mass is 10.3. The van der Waals surface area contributed by atoms with Crippen LogP contribution in [0.25, 0.3) is 0 Å². The number of nitrogens with zero attached hydrogens (tertiary/aromatic N) is 2. The molecule has 0 aliphatic carbocycles. The monoisotopic (exact) mass is 294 g/mol. The van der Waals surface area contributed by atoms with Crippen LogP contribution in [-0.4, -0.2) is 21.0 Å². The molecule has 2 rings (SSSR count). The third-order valence-corrected chi connectivity index (χ3v) is 2.59. The van der Waals surface area contributed by atoms with Crippen molar-refractivity contribution in [3.05, 3.63) is 57.2 Å². The molecule has 0 spiro atoms. The van der Waals surface area contributed by atoms with E-state index in [1.165, 1.54) is 30.3 Å². The second kappa shape index (κ2) is 5.54. The fourth-order valence-electron chi connectivity index (χ4n) is 1.36. The largest absolute Gasteiger partial charge is 0.478 e. The minimum absolute atomic E-state index is 0.0190. The van der Waals surface area contributed by atoms with Gasteiger partial charge in [-0.1, -0.05) is 11.6 Å². The lowest BCUT2D eigenvalue weighted by Gasteiger charge is -2.06. The molecule has 102 valence electrons. The molecule has 8 heteroatoms. The molecule has 0 saturated heterocycles. The Labute approximate surface area is 117 Å². The van der Waals surface area contributed by atoms with Crippen molar-refractivity contribution >= 4 is 23.3 Å². The van der Waals surface area contributed by atoms with Crippen molar-refractivity contribution in [2.75, 3.05) is 0 Å². The van der Waals surface area contributed by atoms with Gasteiger partial charge in [-0.25, -0.2) is 9.78 Å². The standard InChI is InChI=1S/C12H7ClN2O5/c13-10-5-7(12(16)17)6-14-11(10)20-9-3-1-8(2-4-9)15(18)19/h1-6H,(H,16,17). The smallest absolute Gasteiger partial charge is 0.337 e. The average molecular weight is 295 g/mol. The molecule has 0 unspecified atom stereocenters. The number of hydrogen-bond acceptors (Lipinski definition) is 5. The number of pyridine rings is 1. The normalized spacial score (nSPS) is 10.1. The van der Waals surface area contributed by atoms with Crippen LogP contribution in [0.1, 0.15) is 10.4 Å². The van der Waals surface area contributed by atoms with Gasteiger partial charge >= 0.3 is 5.97 Å². The number of carbonyl (C=O) groups is 1. The van der Waals surface area contributed by atoms with Gasteiger partial charge in [0.15, 0.2) is 0 Å². The van der Waals surface area contributed by atoms with Crippen LogP contribution < -0.4 is 4.74 Å². The summed E-state index contributed by atoms with van der Waals surface area (Å²) in [6.07, 6.45) is 1.11. The number of halogens is 1. The Balaban J connectivity index is 2.21. The second-order valence-corrected chi connectivity index (χ2v) is 4.08. The maximum Gasteiger partial charge on any atom is 0.337 e. The highest BCUT2D eigenvalue weighted by Crippen LogP contribution is 2.28. The summed E-state index contributed by atoms with van der Waals surface area (Å²) in [4.78, 5) is 24.5. The first-order chi connectivity index (χ1) is 9.47. The molecule has 0 aliphatic rings. The lowest BCUT2D eigenvalue weighted by Crippen LogP contribution is -1.98. The maximum atomic E-state index is 10.7. The van der Waals surface area contributed by atoms with Crippen molar-refractivity contribution in [3.8, 4) is 11.6 Å². The Bertz CT molecular complexity index is 672. The molecule has 0 saturated carbocycles. The predicted molar refractivity (Wildman–Crippen MR) is 69.4 cm³/mol. The van der Waals surface area contributed by atoms with Gasteiger partial charge in [0, 0.05) is 18.3 Å². The number of rotatable bonds is 4. The zero-order valence-electron chi connectivity index (χ0n) is 9.82. The van der Waals surface area contributed by atoms with E-state index in [1.807, 2.05) is 0 Å². The molecule has 20 heavy (non-hydrogen) atoms. The number of aromatic carboxylic acids is 1. The number of non-ortho nitro benzene ring substituents is 1. The number of benzene rings is 1. The van der Waals surface area contributed by atoms with Crippen LogP contribution in [0.15, 0.2) is 36.5 Å². The van der Waals surface area contributed by atoms with E-state index in [2.05, 4.69) is 4.98 Å². The predicted octanol–water partition coefficient (Wildman–Crippen LogP) is 3.13. The lowest BCUT2D eigenvalue weighted by molar-refractivity contribution is -0.384. The average Bonchev–Trinajstić information content (AvgIpc) is 2.41. The van der Waals surface area contributed by atoms with Crippen LogP contribution in [0.5, 0.6) is 11.6 Å². The first-order valence-corrected chi connectivity index (χ1v) is 5.66. The molecule has 0 radical (unpaired) electrons. The van der Waals surface area contributed by atoms with Crippen LogP contribution in [0.3, 0.4) is 0 Å². The molecule has 7 nitrogen and oxygen atoms in total. The zero-order chi connectivity index (χ0) is 14.7. The number of nitro groups is 1. The highest BCUT2D eigenvalue weighted by Gasteiger charge is 2.11. The summed E-state index contributed by atoms with van der Waals surface area (Å²) < 4.78 is 5.32. The molecule has 1 aromatic heterocycles. The van der Waals surface area contributed by atoms with Crippen LogP contribution >= 0.6 is 11.6 Å². The number of carboxylic acid groups (broad SMARTS) is 1. The highest BCUT2D eigenvalue weighted by atomic mass is 35.5. The molecule has 0 aliphatic heterocycles. The summed E-state index contributed by atoms with van der Waals surface area (Å²) >= 11 is 5.85. The summed E-state index contributed by atoms with van der Waals surface area (Å²) in [6.45, 7) is 0. The quantitative estimate of drug-likeness (QED) is 0.686. The Hall–Kier alpha value is -2.67. The van der Waals surface area contributed by atoms with Gasteiger partial charge in [-0.2, -0.15) is 0 Å². The van der Waals surface area contributed by atoms with Crippen LogP contribution in [0, 0.1) is 10.1 Å².